The Labute approximate surface area is 183 Å². The normalized spacial score (nSPS) is 14.1. The maximum absolute atomic E-state index is 13.3. The first-order valence-corrected chi connectivity index (χ1v) is 14.5. The number of benzene rings is 2. The van der Waals surface area contributed by atoms with Crippen molar-refractivity contribution in [3.63, 3.8) is 0 Å². The summed E-state index contributed by atoms with van der Waals surface area (Å²) in [6.45, 7) is 12.8. The van der Waals surface area contributed by atoms with Crippen molar-refractivity contribution in [1.29, 1.82) is 0 Å². The van der Waals surface area contributed by atoms with Gasteiger partial charge in [-0.05, 0) is 80.8 Å². The molecule has 1 amide bonds. The molecule has 2 aromatic rings. The molecule has 4 aliphatic rings. The van der Waals surface area contributed by atoms with Crippen molar-refractivity contribution in [2.45, 2.75) is 84.6 Å². The minimum Gasteiger partial charge on any atom is -0.508 e. The van der Waals surface area contributed by atoms with Crippen molar-refractivity contribution in [3.8, 4) is 5.75 Å². The highest BCUT2D eigenvalue weighted by Crippen LogP contribution is 2.28. The number of carbonyl (C=O) groups excluding carboxylic acids is 1. The van der Waals surface area contributed by atoms with E-state index in [2.05, 4.69) is 77.2 Å². The Morgan fingerprint density at radius 1 is 0.867 bits per heavy atom. The number of aryl methyl sites for hydroxylation is 4. The predicted octanol–water partition coefficient (Wildman–Crippen LogP) is 4.84. The van der Waals surface area contributed by atoms with Crippen LogP contribution < -0.4 is 5.19 Å². The van der Waals surface area contributed by atoms with Crippen molar-refractivity contribution in [1.82, 2.24) is 4.90 Å². The number of amides is 1. The zero-order valence-electron chi connectivity index (χ0n) is 19.5. The number of aromatic hydroxyl groups is 1. The van der Waals surface area contributed by atoms with E-state index < -0.39 is 8.07 Å². The van der Waals surface area contributed by atoms with Crippen molar-refractivity contribution < 1.29 is 9.90 Å². The summed E-state index contributed by atoms with van der Waals surface area (Å²) in [7, 11) is -2.20. The Bertz CT molecular complexity index is 892. The van der Waals surface area contributed by atoms with Gasteiger partial charge in [-0.15, -0.1) is 0 Å². The third kappa shape index (κ3) is 4.80. The van der Waals surface area contributed by atoms with Crippen LogP contribution in [0.1, 0.15) is 49.9 Å². The Morgan fingerprint density at radius 2 is 1.33 bits per heavy atom. The molecule has 162 valence electrons. The Morgan fingerprint density at radius 3 is 1.83 bits per heavy atom. The van der Waals surface area contributed by atoms with Crippen LogP contribution in [0.25, 0.3) is 0 Å². The van der Waals surface area contributed by atoms with E-state index in [4.69, 9.17) is 0 Å². The third-order valence-corrected chi connectivity index (χ3v) is 9.51. The van der Waals surface area contributed by atoms with Gasteiger partial charge in [0, 0.05) is 18.1 Å². The van der Waals surface area contributed by atoms with Gasteiger partial charge in [0.2, 0.25) is 5.91 Å². The molecule has 0 spiro atoms. The van der Waals surface area contributed by atoms with Crippen LogP contribution in [-0.2, 0) is 30.5 Å². The van der Waals surface area contributed by atoms with E-state index in [1.165, 1.54) is 16.7 Å². The fraction of sp³-hybridized carbons (Fsp3) is 0.500. The molecule has 0 aliphatic heterocycles. The molecule has 2 aromatic carbocycles. The third-order valence-electron chi connectivity index (χ3n) is 6.41. The molecule has 3 nitrogen and oxygen atoms in total. The largest absolute Gasteiger partial charge is 0.508 e. The number of hydrogen-bond acceptors (Lipinski definition) is 2. The van der Waals surface area contributed by atoms with Crippen LogP contribution in [0.4, 0.5) is 0 Å². The highest BCUT2D eigenvalue weighted by atomic mass is 28.3. The molecular weight excluding hydrogens is 386 g/mol. The first-order valence-electron chi connectivity index (χ1n) is 11.3. The maximum Gasteiger partial charge on any atom is 0.220 e. The van der Waals surface area contributed by atoms with Crippen LogP contribution in [-0.4, -0.2) is 36.1 Å². The predicted molar refractivity (Wildman–Crippen MR) is 128 cm³/mol. The van der Waals surface area contributed by atoms with Crippen LogP contribution in [0.2, 0.25) is 19.1 Å². The summed E-state index contributed by atoms with van der Waals surface area (Å²) in [5.74, 6) is 0.663. The van der Waals surface area contributed by atoms with Gasteiger partial charge in [0.05, 0.1) is 8.07 Å². The second-order valence-corrected chi connectivity index (χ2v) is 14.6. The summed E-state index contributed by atoms with van der Waals surface area (Å²) >= 11 is 0. The molecule has 6 rings (SSSR count). The van der Waals surface area contributed by atoms with E-state index in [0.717, 1.165) is 36.4 Å². The quantitative estimate of drug-likeness (QED) is 0.699. The van der Waals surface area contributed by atoms with Crippen molar-refractivity contribution in [2.24, 2.45) is 0 Å². The first kappa shape index (κ1) is 22.6. The standard InChI is InChI=1S/C26H37NO2Si/c1-18(2)27(19(3)4)24(28)17-30(5,6)26-23-14-12-21-9-7-20(8-10-21)11-13-22(15-16-23)25(26)29/h7-10,15-16,18-19,29H,11-14,17H2,1-6H3. The number of phenols is 1. The van der Waals surface area contributed by atoms with Gasteiger partial charge in [-0.25, -0.2) is 0 Å². The molecule has 30 heavy (non-hydrogen) atoms. The molecule has 0 fully saturated rings. The Kier molecular flexibility index (Phi) is 6.76. The van der Waals surface area contributed by atoms with Gasteiger partial charge >= 0.3 is 0 Å². The summed E-state index contributed by atoms with van der Waals surface area (Å²) in [5.41, 5.74) is 4.86. The van der Waals surface area contributed by atoms with Gasteiger partial charge < -0.3 is 10.0 Å². The lowest BCUT2D eigenvalue weighted by atomic mass is 9.96. The van der Waals surface area contributed by atoms with Crippen LogP contribution in [0.5, 0.6) is 5.75 Å². The molecule has 4 bridgehead atoms. The molecule has 0 saturated heterocycles. The SMILES string of the molecule is CC(C)N(C(=O)C[Si](C)(C)c1c2ccc(c1O)CCc1ccc(cc1)CC2)C(C)C. The van der Waals surface area contributed by atoms with Gasteiger partial charge in [-0.3, -0.25) is 4.79 Å². The van der Waals surface area contributed by atoms with E-state index in [-0.39, 0.29) is 18.0 Å². The molecule has 1 N–H and O–H groups in total. The van der Waals surface area contributed by atoms with Crippen molar-refractivity contribution in [3.05, 3.63) is 58.7 Å². The van der Waals surface area contributed by atoms with Crippen LogP contribution in [0.3, 0.4) is 0 Å². The van der Waals surface area contributed by atoms with Gasteiger partial charge in [0.15, 0.2) is 0 Å². The van der Waals surface area contributed by atoms with Crippen LogP contribution in [0.15, 0.2) is 36.4 Å². The highest BCUT2D eigenvalue weighted by molar-refractivity contribution is 6.92. The van der Waals surface area contributed by atoms with Gasteiger partial charge in [0.25, 0.3) is 0 Å². The number of hydrogen-bond donors (Lipinski definition) is 1. The molecule has 0 heterocycles. The van der Waals surface area contributed by atoms with Gasteiger partial charge in [0.1, 0.15) is 5.75 Å². The fourth-order valence-corrected chi connectivity index (χ4v) is 8.00. The highest BCUT2D eigenvalue weighted by Gasteiger charge is 2.35. The lowest BCUT2D eigenvalue weighted by Gasteiger charge is -2.35. The van der Waals surface area contributed by atoms with E-state index >= 15 is 0 Å². The average molecular weight is 424 g/mol. The van der Waals surface area contributed by atoms with E-state index in [1.54, 1.807) is 0 Å². The molecule has 0 saturated carbocycles. The monoisotopic (exact) mass is 423 g/mol. The summed E-state index contributed by atoms with van der Waals surface area (Å²) < 4.78 is 0. The molecule has 0 radical (unpaired) electrons. The number of phenolic OH excluding ortho intramolecular Hbond substituents is 1. The molecule has 4 heteroatoms. The molecule has 0 unspecified atom stereocenters. The summed E-state index contributed by atoms with van der Waals surface area (Å²) in [5, 5.41) is 12.4. The van der Waals surface area contributed by atoms with E-state index in [1.807, 2.05) is 4.90 Å². The second kappa shape index (κ2) is 8.97. The van der Waals surface area contributed by atoms with Gasteiger partial charge in [-0.2, -0.15) is 0 Å². The minimum atomic E-state index is -2.20. The van der Waals surface area contributed by atoms with Crippen molar-refractivity contribution >= 4 is 19.2 Å². The van der Waals surface area contributed by atoms with Crippen LogP contribution >= 0.6 is 0 Å². The summed E-state index contributed by atoms with van der Waals surface area (Å²) in [6.07, 6.45) is 3.59. The van der Waals surface area contributed by atoms with Crippen LogP contribution in [0, 0.1) is 0 Å². The number of nitrogens with zero attached hydrogens (tertiary/aromatic N) is 1. The zero-order valence-corrected chi connectivity index (χ0v) is 20.5. The lowest BCUT2D eigenvalue weighted by Crippen LogP contribution is -2.51. The molecule has 0 aromatic heterocycles. The number of rotatable bonds is 5. The van der Waals surface area contributed by atoms with Crippen molar-refractivity contribution in [2.75, 3.05) is 0 Å². The molecular formula is C26H37NO2Si. The maximum atomic E-state index is 13.3. The smallest absolute Gasteiger partial charge is 0.220 e. The fourth-order valence-electron chi connectivity index (χ4n) is 5.00. The average Bonchev–Trinajstić information content (AvgIpc) is 2.63. The lowest BCUT2D eigenvalue weighted by molar-refractivity contribution is -0.132. The first-order chi connectivity index (χ1) is 14.1. The second-order valence-electron chi connectivity index (χ2n) is 9.97. The number of carbonyl (C=O) groups is 1. The Hall–Kier alpha value is -2.07. The van der Waals surface area contributed by atoms with E-state index in [0.29, 0.717) is 11.8 Å². The topological polar surface area (TPSA) is 40.5 Å². The molecule has 0 atom stereocenters. The minimum absolute atomic E-state index is 0.183. The zero-order chi connectivity index (χ0) is 22.1. The van der Waals surface area contributed by atoms with Gasteiger partial charge in [-0.1, -0.05) is 49.5 Å². The Balaban J connectivity index is 1.98. The summed E-state index contributed by atoms with van der Waals surface area (Å²) in [6, 6.07) is 14.1. The summed E-state index contributed by atoms with van der Waals surface area (Å²) in [4.78, 5) is 15.3. The van der Waals surface area contributed by atoms with E-state index in [9.17, 15) is 9.90 Å². The molecule has 4 aliphatic carbocycles.